The van der Waals surface area contributed by atoms with E-state index in [0.29, 0.717) is 6.54 Å². The van der Waals surface area contributed by atoms with Gasteiger partial charge in [-0.25, -0.2) is 0 Å². The molecule has 1 heterocycles. The first kappa shape index (κ1) is 12.6. The molecule has 4 nitrogen and oxygen atoms in total. The summed E-state index contributed by atoms with van der Waals surface area (Å²) in [7, 11) is 0. The molecule has 2 amide bonds. The summed E-state index contributed by atoms with van der Waals surface area (Å²) >= 11 is 0. The fraction of sp³-hybridized carbons (Fsp3) is 0.429. The van der Waals surface area contributed by atoms with Crippen LogP contribution >= 0.6 is 0 Å². The summed E-state index contributed by atoms with van der Waals surface area (Å²) in [5.41, 5.74) is 1.80. The van der Waals surface area contributed by atoms with Gasteiger partial charge in [0.1, 0.15) is 0 Å². The Labute approximate surface area is 107 Å². The van der Waals surface area contributed by atoms with Crippen LogP contribution in [0.15, 0.2) is 24.3 Å². The van der Waals surface area contributed by atoms with Crippen molar-refractivity contribution in [3.63, 3.8) is 0 Å². The van der Waals surface area contributed by atoms with Gasteiger partial charge in [0.2, 0.25) is 5.91 Å². The smallest absolute Gasteiger partial charge is 0.254 e. The zero-order chi connectivity index (χ0) is 13.1. The Morgan fingerprint density at radius 1 is 1.39 bits per heavy atom. The predicted molar refractivity (Wildman–Crippen MR) is 69.3 cm³/mol. The standard InChI is InChI=1S/C14H18N2O2/c1-10(2)15-13(17)9-16-8-7-11-5-3-4-6-12(11)14(16)18/h3-6,10H,7-9H2,1-2H3,(H,15,17). The lowest BCUT2D eigenvalue weighted by Gasteiger charge is -2.28. The van der Waals surface area contributed by atoms with Crippen molar-refractivity contribution < 1.29 is 9.59 Å². The summed E-state index contributed by atoms with van der Waals surface area (Å²) in [6.45, 7) is 4.57. The predicted octanol–water partition coefficient (Wildman–Crippen LogP) is 1.21. The van der Waals surface area contributed by atoms with Crippen molar-refractivity contribution in [3.05, 3.63) is 35.4 Å². The number of hydrogen-bond donors (Lipinski definition) is 1. The maximum absolute atomic E-state index is 12.2. The summed E-state index contributed by atoms with van der Waals surface area (Å²) < 4.78 is 0. The van der Waals surface area contributed by atoms with Gasteiger partial charge in [-0.1, -0.05) is 18.2 Å². The topological polar surface area (TPSA) is 49.4 Å². The Balaban J connectivity index is 2.06. The minimum Gasteiger partial charge on any atom is -0.352 e. The number of rotatable bonds is 3. The first-order valence-electron chi connectivity index (χ1n) is 6.24. The van der Waals surface area contributed by atoms with Crippen LogP contribution in [-0.2, 0) is 11.2 Å². The van der Waals surface area contributed by atoms with Gasteiger partial charge in [0.05, 0.1) is 6.54 Å². The summed E-state index contributed by atoms with van der Waals surface area (Å²) in [4.78, 5) is 25.5. The number of benzene rings is 1. The average molecular weight is 246 g/mol. The summed E-state index contributed by atoms with van der Waals surface area (Å²) in [6.07, 6.45) is 0.816. The molecule has 0 fully saturated rings. The van der Waals surface area contributed by atoms with Gasteiger partial charge >= 0.3 is 0 Å². The van der Waals surface area contributed by atoms with Gasteiger partial charge in [0.15, 0.2) is 0 Å². The number of hydrogen-bond acceptors (Lipinski definition) is 2. The lowest BCUT2D eigenvalue weighted by molar-refractivity contribution is -0.122. The molecule has 0 atom stereocenters. The monoisotopic (exact) mass is 246 g/mol. The Morgan fingerprint density at radius 2 is 2.11 bits per heavy atom. The highest BCUT2D eigenvalue weighted by atomic mass is 16.2. The fourth-order valence-corrected chi connectivity index (χ4v) is 2.17. The molecule has 1 aliphatic heterocycles. The molecule has 0 radical (unpaired) electrons. The molecule has 96 valence electrons. The lowest BCUT2D eigenvalue weighted by Crippen LogP contribution is -2.45. The minimum atomic E-state index is -0.0993. The quantitative estimate of drug-likeness (QED) is 0.871. The number of nitrogens with one attached hydrogen (secondary N) is 1. The van der Waals surface area contributed by atoms with Crippen LogP contribution in [-0.4, -0.2) is 35.8 Å². The van der Waals surface area contributed by atoms with Gasteiger partial charge in [-0.2, -0.15) is 0 Å². The average Bonchev–Trinajstić information content (AvgIpc) is 2.32. The summed E-state index contributed by atoms with van der Waals surface area (Å²) in [5, 5.41) is 2.80. The van der Waals surface area contributed by atoms with Crippen LogP contribution in [0.1, 0.15) is 29.8 Å². The molecule has 1 N–H and O–H groups in total. The number of amides is 2. The molecule has 0 saturated heterocycles. The van der Waals surface area contributed by atoms with E-state index in [2.05, 4.69) is 5.32 Å². The van der Waals surface area contributed by atoms with Crippen molar-refractivity contribution in [3.8, 4) is 0 Å². The summed E-state index contributed by atoms with van der Waals surface area (Å²) in [6, 6.07) is 7.69. The van der Waals surface area contributed by atoms with Crippen LogP contribution in [0.25, 0.3) is 0 Å². The Kier molecular flexibility index (Phi) is 3.65. The number of carbonyl (C=O) groups excluding carboxylic acids is 2. The Morgan fingerprint density at radius 3 is 2.83 bits per heavy atom. The normalized spacial score (nSPS) is 14.6. The van der Waals surface area contributed by atoms with Gasteiger partial charge in [0.25, 0.3) is 5.91 Å². The van der Waals surface area contributed by atoms with Crippen LogP contribution in [0, 0.1) is 0 Å². The van der Waals surface area contributed by atoms with E-state index < -0.39 is 0 Å². The second-order valence-corrected chi connectivity index (χ2v) is 4.86. The minimum absolute atomic E-state index is 0.0456. The molecule has 0 aromatic heterocycles. The highest BCUT2D eigenvalue weighted by Crippen LogP contribution is 2.18. The number of nitrogens with zero attached hydrogens (tertiary/aromatic N) is 1. The van der Waals surface area contributed by atoms with Gasteiger partial charge in [-0.3, -0.25) is 9.59 Å². The third-order valence-electron chi connectivity index (χ3n) is 2.97. The molecule has 18 heavy (non-hydrogen) atoms. The van der Waals surface area contributed by atoms with Crippen LogP contribution in [0.4, 0.5) is 0 Å². The molecular weight excluding hydrogens is 228 g/mol. The molecule has 0 aliphatic carbocycles. The highest BCUT2D eigenvalue weighted by Gasteiger charge is 2.25. The maximum Gasteiger partial charge on any atom is 0.254 e. The van der Waals surface area contributed by atoms with Crippen LogP contribution in [0.2, 0.25) is 0 Å². The van der Waals surface area contributed by atoms with Crippen molar-refractivity contribution in [2.45, 2.75) is 26.3 Å². The van der Waals surface area contributed by atoms with Crippen molar-refractivity contribution in [1.82, 2.24) is 10.2 Å². The number of fused-ring (bicyclic) bond motifs is 1. The van der Waals surface area contributed by atoms with E-state index in [9.17, 15) is 9.59 Å². The largest absolute Gasteiger partial charge is 0.352 e. The molecule has 0 spiro atoms. The molecule has 0 saturated carbocycles. The SMILES string of the molecule is CC(C)NC(=O)CN1CCc2ccccc2C1=O. The van der Waals surface area contributed by atoms with E-state index in [-0.39, 0.29) is 24.4 Å². The molecule has 0 unspecified atom stereocenters. The third-order valence-corrected chi connectivity index (χ3v) is 2.97. The zero-order valence-electron chi connectivity index (χ0n) is 10.8. The summed E-state index contributed by atoms with van der Waals surface area (Å²) in [5.74, 6) is -0.145. The lowest BCUT2D eigenvalue weighted by atomic mass is 9.99. The molecule has 1 aromatic carbocycles. The molecule has 2 rings (SSSR count). The highest BCUT2D eigenvalue weighted by molar-refractivity contribution is 5.98. The van der Waals surface area contributed by atoms with Gasteiger partial charge in [-0.05, 0) is 31.9 Å². The van der Waals surface area contributed by atoms with Crippen molar-refractivity contribution in [2.24, 2.45) is 0 Å². The van der Waals surface area contributed by atoms with E-state index in [1.807, 2.05) is 38.1 Å². The Bertz CT molecular complexity index is 469. The first-order valence-corrected chi connectivity index (χ1v) is 6.24. The van der Waals surface area contributed by atoms with E-state index in [1.54, 1.807) is 4.90 Å². The van der Waals surface area contributed by atoms with Crippen LogP contribution in [0.3, 0.4) is 0 Å². The van der Waals surface area contributed by atoms with Crippen molar-refractivity contribution >= 4 is 11.8 Å². The maximum atomic E-state index is 12.2. The second kappa shape index (κ2) is 5.21. The molecule has 1 aliphatic rings. The molecule has 4 heteroatoms. The van der Waals surface area contributed by atoms with Crippen molar-refractivity contribution in [2.75, 3.05) is 13.1 Å². The van der Waals surface area contributed by atoms with Crippen molar-refractivity contribution in [1.29, 1.82) is 0 Å². The first-order chi connectivity index (χ1) is 8.58. The Hall–Kier alpha value is -1.84. The van der Waals surface area contributed by atoms with Gasteiger partial charge < -0.3 is 10.2 Å². The zero-order valence-corrected chi connectivity index (χ0v) is 10.8. The van der Waals surface area contributed by atoms with Crippen LogP contribution in [0.5, 0.6) is 0 Å². The number of carbonyl (C=O) groups is 2. The molecular formula is C14H18N2O2. The fourth-order valence-electron chi connectivity index (χ4n) is 2.17. The van der Waals surface area contributed by atoms with E-state index in [4.69, 9.17) is 0 Å². The van der Waals surface area contributed by atoms with E-state index in [1.165, 1.54) is 0 Å². The van der Waals surface area contributed by atoms with E-state index >= 15 is 0 Å². The van der Waals surface area contributed by atoms with Gasteiger partial charge in [0, 0.05) is 18.2 Å². The molecule has 0 bridgehead atoms. The van der Waals surface area contributed by atoms with E-state index in [0.717, 1.165) is 17.5 Å². The van der Waals surface area contributed by atoms with Gasteiger partial charge in [-0.15, -0.1) is 0 Å². The second-order valence-electron chi connectivity index (χ2n) is 4.86. The van der Waals surface area contributed by atoms with Crippen LogP contribution < -0.4 is 5.32 Å². The third kappa shape index (κ3) is 2.70. The molecule has 1 aromatic rings.